The van der Waals surface area contributed by atoms with Crippen molar-refractivity contribution in [3.05, 3.63) is 17.0 Å². The van der Waals surface area contributed by atoms with Crippen LogP contribution in [0.2, 0.25) is 0 Å². The van der Waals surface area contributed by atoms with E-state index in [2.05, 4.69) is 27.3 Å². The Balaban J connectivity index is 1.66. The van der Waals surface area contributed by atoms with Crippen LogP contribution in [-0.4, -0.2) is 54.5 Å². The second-order valence-electron chi connectivity index (χ2n) is 4.54. The molecule has 1 aromatic rings. The Morgan fingerprint density at radius 1 is 1.35 bits per heavy atom. The molecule has 1 saturated heterocycles. The van der Waals surface area contributed by atoms with Crippen molar-refractivity contribution in [3.63, 3.8) is 0 Å². The normalized spacial score (nSPS) is 17.5. The molecule has 1 aliphatic heterocycles. The first kappa shape index (κ1) is 12.5. The van der Waals surface area contributed by atoms with E-state index in [0.29, 0.717) is 0 Å². The minimum atomic E-state index is 0.875. The van der Waals surface area contributed by atoms with Gasteiger partial charge in [-0.05, 0) is 13.8 Å². The molecule has 2 heterocycles. The Kier molecular flexibility index (Phi) is 4.53. The Labute approximate surface area is 103 Å². The average Bonchev–Trinajstić information content (AvgIpc) is 2.67. The molecule has 5 nitrogen and oxygen atoms in total. The van der Waals surface area contributed by atoms with Crippen LogP contribution in [0.1, 0.15) is 17.0 Å². The van der Waals surface area contributed by atoms with Gasteiger partial charge in [-0.1, -0.05) is 0 Å². The summed E-state index contributed by atoms with van der Waals surface area (Å²) in [5.41, 5.74) is 3.56. The lowest BCUT2D eigenvalue weighted by Gasteiger charge is -2.26. The van der Waals surface area contributed by atoms with Gasteiger partial charge in [0.05, 0.1) is 18.9 Å². The molecule has 5 heteroatoms. The summed E-state index contributed by atoms with van der Waals surface area (Å²) < 4.78 is 5.32. The Morgan fingerprint density at radius 2 is 2.12 bits per heavy atom. The van der Waals surface area contributed by atoms with Crippen LogP contribution in [0.4, 0.5) is 0 Å². The van der Waals surface area contributed by atoms with Crippen molar-refractivity contribution in [2.24, 2.45) is 0 Å². The summed E-state index contributed by atoms with van der Waals surface area (Å²) >= 11 is 0. The molecule has 0 spiro atoms. The minimum absolute atomic E-state index is 0.875. The zero-order valence-corrected chi connectivity index (χ0v) is 10.8. The average molecular weight is 238 g/mol. The first-order valence-corrected chi connectivity index (χ1v) is 6.28. The number of aromatic nitrogens is 2. The van der Waals surface area contributed by atoms with Gasteiger partial charge >= 0.3 is 0 Å². The predicted octanol–water partition coefficient (Wildman–Crippen LogP) is 0.448. The lowest BCUT2D eigenvalue weighted by molar-refractivity contribution is 0.0384. The van der Waals surface area contributed by atoms with E-state index in [1.807, 2.05) is 6.92 Å². The number of aromatic amines is 1. The number of nitrogens with one attached hydrogen (secondary N) is 2. The fourth-order valence-corrected chi connectivity index (χ4v) is 2.11. The molecule has 2 rings (SSSR count). The topological polar surface area (TPSA) is 53.2 Å². The third-order valence-corrected chi connectivity index (χ3v) is 3.29. The smallest absolute Gasteiger partial charge is 0.0638 e. The maximum absolute atomic E-state index is 5.32. The van der Waals surface area contributed by atoms with Crippen LogP contribution >= 0.6 is 0 Å². The lowest BCUT2D eigenvalue weighted by Crippen LogP contribution is -2.40. The zero-order valence-electron chi connectivity index (χ0n) is 10.8. The molecule has 96 valence electrons. The number of hydrogen-bond donors (Lipinski definition) is 2. The highest BCUT2D eigenvalue weighted by atomic mass is 16.5. The second kappa shape index (κ2) is 6.14. The second-order valence-corrected chi connectivity index (χ2v) is 4.54. The fourth-order valence-electron chi connectivity index (χ4n) is 2.11. The molecule has 1 aromatic heterocycles. The molecule has 2 N–H and O–H groups in total. The molecule has 1 aliphatic rings. The summed E-state index contributed by atoms with van der Waals surface area (Å²) in [5.74, 6) is 0. The zero-order chi connectivity index (χ0) is 12.1. The fraction of sp³-hybridized carbons (Fsp3) is 0.750. The summed E-state index contributed by atoms with van der Waals surface area (Å²) in [4.78, 5) is 2.44. The van der Waals surface area contributed by atoms with Gasteiger partial charge in [0.25, 0.3) is 0 Å². The van der Waals surface area contributed by atoms with Gasteiger partial charge < -0.3 is 10.1 Å². The van der Waals surface area contributed by atoms with E-state index >= 15 is 0 Å². The molecule has 1 fully saturated rings. The van der Waals surface area contributed by atoms with Gasteiger partial charge in [-0.15, -0.1) is 0 Å². The summed E-state index contributed by atoms with van der Waals surface area (Å²) in [7, 11) is 0. The van der Waals surface area contributed by atoms with E-state index in [9.17, 15) is 0 Å². The van der Waals surface area contributed by atoms with Gasteiger partial charge in [0.2, 0.25) is 0 Å². The number of nitrogens with zero attached hydrogens (tertiary/aromatic N) is 2. The van der Waals surface area contributed by atoms with E-state index in [1.54, 1.807) is 0 Å². The third-order valence-electron chi connectivity index (χ3n) is 3.29. The van der Waals surface area contributed by atoms with Crippen molar-refractivity contribution in [3.8, 4) is 0 Å². The van der Waals surface area contributed by atoms with E-state index in [4.69, 9.17) is 4.74 Å². The van der Waals surface area contributed by atoms with Crippen molar-refractivity contribution in [1.82, 2.24) is 20.4 Å². The number of ether oxygens (including phenoxy) is 1. The van der Waals surface area contributed by atoms with Crippen LogP contribution in [0.15, 0.2) is 0 Å². The maximum atomic E-state index is 5.32. The van der Waals surface area contributed by atoms with E-state index in [1.165, 1.54) is 11.3 Å². The monoisotopic (exact) mass is 238 g/mol. The number of aryl methyl sites for hydroxylation is 2. The van der Waals surface area contributed by atoms with Crippen LogP contribution in [0.3, 0.4) is 0 Å². The van der Waals surface area contributed by atoms with Gasteiger partial charge in [-0.2, -0.15) is 5.10 Å². The number of rotatable bonds is 5. The SMILES string of the molecule is Cc1n[nH]c(C)c1CNCCN1CCOCC1. The molecule has 0 atom stereocenters. The Hall–Kier alpha value is -0.910. The quantitative estimate of drug-likeness (QED) is 0.731. The van der Waals surface area contributed by atoms with Gasteiger partial charge in [0.1, 0.15) is 0 Å². The first-order chi connectivity index (χ1) is 8.27. The van der Waals surface area contributed by atoms with E-state index < -0.39 is 0 Å². The lowest BCUT2D eigenvalue weighted by atomic mass is 10.2. The van der Waals surface area contributed by atoms with Crippen LogP contribution in [0.5, 0.6) is 0 Å². The Morgan fingerprint density at radius 3 is 2.76 bits per heavy atom. The van der Waals surface area contributed by atoms with Gasteiger partial charge in [0, 0.05) is 44.0 Å². The van der Waals surface area contributed by atoms with Gasteiger partial charge in [-0.25, -0.2) is 0 Å². The van der Waals surface area contributed by atoms with Gasteiger partial charge in [0.15, 0.2) is 0 Å². The highest BCUT2D eigenvalue weighted by Crippen LogP contribution is 2.08. The van der Waals surface area contributed by atoms with Crippen molar-refractivity contribution < 1.29 is 4.74 Å². The van der Waals surface area contributed by atoms with Crippen molar-refractivity contribution in [1.29, 1.82) is 0 Å². The van der Waals surface area contributed by atoms with Crippen molar-refractivity contribution in [2.45, 2.75) is 20.4 Å². The third kappa shape index (κ3) is 3.52. The predicted molar refractivity (Wildman–Crippen MR) is 67.0 cm³/mol. The van der Waals surface area contributed by atoms with Crippen LogP contribution < -0.4 is 5.32 Å². The van der Waals surface area contributed by atoms with E-state index in [0.717, 1.165) is 51.6 Å². The van der Waals surface area contributed by atoms with Crippen molar-refractivity contribution in [2.75, 3.05) is 39.4 Å². The number of hydrogen-bond acceptors (Lipinski definition) is 4. The van der Waals surface area contributed by atoms with Crippen LogP contribution in [-0.2, 0) is 11.3 Å². The largest absolute Gasteiger partial charge is 0.379 e. The molecule has 0 unspecified atom stereocenters. The molecule has 17 heavy (non-hydrogen) atoms. The maximum Gasteiger partial charge on any atom is 0.0638 e. The molecule has 0 aromatic carbocycles. The Bertz CT molecular complexity index is 325. The number of H-pyrrole nitrogens is 1. The summed E-state index contributed by atoms with van der Waals surface area (Å²) in [5, 5.41) is 10.7. The highest BCUT2D eigenvalue weighted by molar-refractivity contribution is 5.22. The van der Waals surface area contributed by atoms with Crippen LogP contribution in [0.25, 0.3) is 0 Å². The summed E-state index contributed by atoms with van der Waals surface area (Å²) in [6.07, 6.45) is 0. The highest BCUT2D eigenvalue weighted by Gasteiger charge is 2.09. The molecule has 0 saturated carbocycles. The molecular formula is C12H22N4O. The molecule has 0 radical (unpaired) electrons. The van der Waals surface area contributed by atoms with E-state index in [-0.39, 0.29) is 0 Å². The summed E-state index contributed by atoms with van der Waals surface area (Å²) in [6.45, 7) is 11.0. The number of morpholine rings is 1. The first-order valence-electron chi connectivity index (χ1n) is 6.28. The molecule has 0 amide bonds. The summed E-state index contributed by atoms with van der Waals surface area (Å²) in [6, 6.07) is 0. The van der Waals surface area contributed by atoms with Crippen LogP contribution in [0, 0.1) is 13.8 Å². The molecule has 0 bridgehead atoms. The van der Waals surface area contributed by atoms with Gasteiger partial charge in [-0.3, -0.25) is 10.00 Å². The minimum Gasteiger partial charge on any atom is -0.379 e. The molecular weight excluding hydrogens is 216 g/mol. The van der Waals surface area contributed by atoms with Crippen molar-refractivity contribution >= 4 is 0 Å². The standard InChI is InChI=1S/C12H22N4O/c1-10-12(11(2)15-14-10)9-13-3-4-16-5-7-17-8-6-16/h13H,3-9H2,1-2H3,(H,14,15). The molecule has 0 aliphatic carbocycles.